The van der Waals surface area contributed by atoms with Crippen LogP contribution >= 0.6 is 0 Å². The van der Waals surface area contributed by atoms with E-state index in [9.17, 15) is 4.79 Å². The lowest BCUT2D eigenvalue weighted by atomic mass is 10.3. The smallest absolute Gasteiger partial charge is 0.291 e. The molecule has 6 nitrogen and oxygen atoms in total. The van der Waals surface area contributed by atoms with Gasteiger partial charge in [0.2, 0.25) is 11.7 Å². The number of nitrogens with zero attached hydrogens (tertiary/aromatic N) is 4. The van der Waals surface area contributed by atoms with Crippen LogP contribution in [-0.4, -0.2) is 45.0 Å². The SMILES string of the molecule is Cc1cccc(O[C@H]2CCN(C(=O)c3ncccn3)C2)n1. The van der Waals surface area contributed by atoms with Crippen LogP contribution in [0.5, 0.6) is 5.88 Å². The number of carbonyl (C=O) groups excluding carboxylic acids is 1. The van der Waals surface area contributed by atoms with Gasteiger partial charge >= 0.3 is 0 Å². The molecular weight excluding hydrogens is 268 g/mol. The van der Waals surface area contributed by atoms with Gasteiger partial charge in [-0.25, -0.2) is 15.0 Å². The Bertz CT molecular complexity index is 633. The maximum atomic E-state index is 12.2. The Morgan fingerprint density at radius 2 is 2.10 bits per heavy atom. The number of amides is 1. The highest BCUT2D eigenvalue weighted by atomic mass is 16.5. The molecule has 1 aliphatic heterocycles. The third kappa shape index (κ3) is 3.16. The monoisotopic (exact) mass is 284 g/mol. The Morgan fingerprint density at radius 1 is 1.29 bits per heavy atom. The van der Waals surface area contributed by atoms with E-state index in [1.807, 2.05) is 25.1 Å². The molecule has 2 aromatic heterocycles. The molecule has 0 bridgehead atoms. The predicted molar refractivity (Wildman–Crippen MR) is 75.9 cm³/mol. The summed E-state index contributed by atoms with van der Waals surface area (Å²) in [6, 6.07) is 7.35. The molecular formula is C15H16N4O2. The van der Waals surface area contributed by atoms with Gasteiger partial charge in [0.1, 0.15) is 6.10 Å². The van der Waals surface area contributed by atoms with Crippen molar-refractivity contribution in [3.8, 4) is 5.88 Å². The van der Waals surface area contributed by atoms with Crippen molar-refractivity contribution < 1.29 is 9.53 Å². The summed E-state index contributed by atoms with van der Waals surface area (Å²) in [7, 11) is 0. The van der Waals surface area contributed by atoms with Crippen molar-refractivity contribution in [3.05, 3.63) is 48.2 Å². The molecule has 0 unspecified atom stereocenters. The van der Waals surface area contributed by atoms with Gasteiger partial charge in [0.15, 0.2) is 0 Å². The highest BCUT2D eigenvalue weighted by Crippen LogP contribution is 2.17. The highest BCUT2D eigenvalue weighted by molar-refractivity contribution is 5.90. The summed E-state index contributed by atoms with van der Waals surface area (Å²) in [6.45, 7) is 3.10. The second kappa shape index (κ2) is 5.87. The van der Waals surface area contributed by atoms with E-state index in [-0.39, 0.29) is 17.8 Å². The van der Waals surface area contributed by atoms with Crippen LogP contribution in [0.25, 0.3) is 0 Å². The van der Waals surface area contributed by atoms with Crippen molar-refractivity contribution in [3.63, 3.8) is 0 Å². The first kappa shape index (κ1) is 13.5. The summed E-state index contributed by atoms with van der Waals surface area (Å²) in [5, 5.41) is 0. The zero-order valence-corrected chi connectivity index (χ0v) is 11.8. The van der Waals surface area contributed by atoms with Crippen LogP contribution < -0.4 is 4.74 Å². The number of ether oxygens (including phenoxy) is 1. The predicted octanol–water partition coefficient (Wildman–Crippen LogP) is 1.47. The molecule has 108 valence electrons. The van der Waals surface area contributed by atoms with Gasteiger partial charge in [-0.2, -0.15) is 0 Å². The van der Waals surface area contributed by atoms with Gasteiger partial charge in [-0.3, -0.25) is 4.79 Å². The fourth-order valence-corrected chi connectivity index (χ4v) is 2.31. The minimum Gasteiger partial charge on any atom is -0.472 e. The van der Waals surface area contributed by atoms with Gasteiger partial charge in [0, 0.05) is 37.1 Å². The summed E-state index contributed by atoms with van der Waals surface area (Å²) in [4.78, 5) is 26.2. The molecule has 1 aliphatic rings. The van der Waals surface area contributed by atoms with Crippen LogP contribution in [0.1, 0.15) is 22.7 Å². The molecule has 6 heteroatoms. The van der Waals surface area contributed by atoms with Crippen molar-refractivity contribution in [1.82, 2.24) is 19.9 Å². The van der Waals surface area contributed by atoms with Crippen molar-refractivity contribution in [2.75, 3.05) is 13.1 Å². The minimum absolute atomic E-state index is 0.0352. The molecule has 0 radical (unpaired) electrons. The first-order valence-electron chi connectivity index (χ1n) is 6.89. The average Bonchev–Trinajstić information content (AvgIpc) is 2.96. The van der Waals surface area contributed by atoms with Crippen LogP contribution in [0.15, 0.2) is 36.7 Å². The van der Waals surface area contributed by atoms with Crippen LogP contribution in [0.2, 0.25) is 0 Å². The molecule has 3 heterocycles. The van der Waals surface area contributed by atoms with Gasteiger partial charge in [0.05, 0.1) is 6.54 Å². The summed E-state index contributed by atoms with van der Waals surface area (Å²) in [5.41, 5.74) is 0.913. The number of aromatic nitrogens is 3. The van der Waals surface area contributed by atoms with E-state index in [0.29, 0.717) is 19.0 Å². The molecule has 3 rings (SSSR count). The first-order chi connectivity index (χ1) is 10.2. The lowest BCUT2D eigenvalue weighted by molar-refractivity contribution is 0.0759. The fourth-order valence-electron chi connectivity index (χ4n) is 2.31. The molecule has 0 aliphatic carbocycles. The van der Waals surface area contributed by atoms with Crippen LogP contribution in [-0.2, 0) is 0 Å². The molecule has 0 aromatic carbocycles. The standard InChI is InChI=1S/C15H16N4O2/c1-11-4-2-5-13(18-11)21-12-6-9-19(10-12)15(20)14-16-7-3-8-17-14/h2-5,7-8,12H,6,9-10H2,1H3/t12-/m0/s1. The van der Waals surface area contributed by atoms with Crippen molar-refractivity contribution in [2.24, 2.45) is 0 Å². The lowest BCUT2D eigenvalue weighted by Gasteiger charge is -2.16. The van der Waals surface area contributed by atoms with Gasteiger partial charge in [-0.1, -0.05) is 6.07 Å². The van der Waals surface area contributed by atoms with E-state index >= 15 is 0 Å². The van der Waals surface area contributed by atoms with E-state index in [0.717, 1.165) is 12.1 Å². The van der Waals surface area contributed by atoms with Crippen LogP contribution in [0, 0.1) is 6.92 Å². The van der Waals surface area contributed by atoms with E-state index in [4.69, 9.17) is 4.74 Å². The normalized spacial score (nSPS) is 17.8. The van der Waals surface area contributed by atoms with E-state index < -0.39 is 0 Å². The molecule has 0 N–H and O–H groups in total. The van der Waals surface area contributed by atoms with E-state index in [1.165, 1.54) is 0 Å². The number of hydrogen-bond acceptors (Lipinski definition) is 5. The zero-order chi connectivity index (χ0) is 14.7. The zero-order valence-electron chi connectivity index (χ0n) is 11.8. The Kier molecular flexibility index (Phi) is 3.77. The minimum atomic E-state index is -0.154. The van der Waals surface area contributed by atoms with Crippen molar-refractivity contribution >= 4 is 5.91 Å². The molecule has 1 saturated heterocycles. The number of hydrogen-bond donors (Lipinski definition) is 0. The average molecular weight is 284 g/mol. The second-order valence-electron chi connectivity index (χ2n) is 4.97. The Hall–Kier alpha value is -2.50. The summed E-state index contributed by atoms with van der Waals surface area (Å²) < 4.78 is 5.83. The summed E-state index contributed by atoms with van der Waals surface area (Å²) in [6.07, 6.45) is 3.89. The van der Waals surface area contributed by atoms with Crippen LogP contribution in [0.4, 0.5) is 0 Å². The molecule has 0 saturated carbocycles. The Morgan fingerprint density at radius 3 is 2.86 bits per heavy atom. The molecule has 1 atom stereocenters. The maximum absolute atomic E-state index is 12.2. The van der Waals surface area contributed by atoms with Crippen molar-refractivity contribution in [1.29, 1.82) is 0 Å². The maximum Gasteiger partial charge on any atom is 0.291 e. The number of likely N-dealkylation sites (tertiary alicyclic amines) is 1. The quantitative estimate of drug-likeness (QED) is 0.854. The number of aryl methyl sites for hydroxylation is 1. The first-order valence-corrected chi connectivity index (χ1v) is 6.89. The summed E-state index contributed by atoms with van der Waals surface area (Å²) in [5.74, 6) is 0.677. The second-order valence-corrected chi connectivity index (χ2v) is 4.97. The Labute approximate surface area is 122 Å². The molecule has 1 fully saturated rings. The molecule has 2 aromatic rings. The van der Waals surface area contributed by atoms with Gasteiger partial charge in [-0.05, 0) is 19.1 Å². The van der Waals surface area contributed by atoms with E-state index in [2.05, 4.69) is 15.0 Å². The highest BCUT2D eigenvalue weighted by Gasteiger charge is 2.29. The van der Waals surface area contributed by atoms with Gasteiger partial charge < -0.3 is 9.64 Å². The Balaban J connectivity index is 1.62. The topological polar surface area (TPSA) is 68.2 Å². The fraction of sp³-hybridized carbons (Fsp3) is 0.333. The number of pyridine rings is 1. The third-order valence-electron chi connectivity index (χ3n) is 3.34. The lowest BCUT2D eigenvalue weighted by Crippen LogP contribution is -2.32. The number of rotatable bonds is 3. The largest absolute Gasteiger partial charge is 0.472 e. The molecule has 1 amide bonds. The van der Waals surface area contributed by atoms with Gasteiger partial charge in [0.25, 0.3) is 5.91 Å². The van der Waals surface area contributed by atoms with Crippen LogP contribution in [0.3, 0.4) is 0 Å². The molecule has 0 spiro atoms. The number of carbonyl (C=O) groups is 1. The third-order valence-corrected chi connectivity index (χ3v) is 3.34. The van der Waals surface area contributed by atoms with E-state index in [1.54, 1.807) is 23.4 Å². The molecule has 21 heavy (non-hydrogen) atoms. The summed E-state index contributed by atoms with van der Waals surface area (Å²) >= 11 is 0. The van der Waals surface area contributed by atoms with Crippen molar-refractivity contribution in [2.45, 2.75) is 19.4 Å². The van der Waals surface area contributed by atoms with Gasteiger partial charge in [-0.15, -0.1) is 0 Å².